The topological polar surface area (TPSA) is 69.2 Å². The normalized spacial score (nSPS) is 10.6. The van der Waals surface area contributed by atoms with Crippen LogP contribution in [0.4, 0.5) is 0 Å². The van der Waals surface area contributed by atoms with Crippen LogP contribution in [0.1, 0.15) is 21.5 Å². The predicted octanol–water partition coefficient (Wildman–Crippen LogP) is 4.70. The third-order valence-electron chi connectivity index (χ3n) is 4.24. The van der Waals surface area contributed by atoms with Gasteiger partial charge in [0.1, 0.15) is 23.9 Å². The molecule has 0 atom stereocenters. The van der Waals surface area contributed by atoms with Crippen LogP contribution in [0.25, 0.3) is 0 Å². The molecule has 1 N–H and O–H groups in total. The molecule has 3 aromatic carbocycles. The van der Waals surface area contributed by atoms with E-state index in [1.54, 1.807) is 56.7 Å². The molecule has 154 valence electrons. The van der Waals surface area contributed by atoms with Crippen LogP contribution >= 0.6 is 11.6 Å². The third-order valence-corrected chi connectivity index (χ3v) is 4.49. The number of ether oxygens (including phenoxy) is 3. The van der Waals surface area contributed by atoms with E-state index in [0.717, 1.165) is 5.56 Å². The second kappa shape index (κ2) is 10.3. The molecule has 3 aromatic rings. The Morgan fingerprint density at radius 1 is 0.967 bits per heavy atom. The number of methoxy groups -OCH3 is 2. The van der Waals surface area contributed by atoms with Gasteiger partial charge in [-0.1, -0.05) is 23.7 Å². The minimum atomic E-state index is -0.336. The summed E-state index contributed by atoms with van der Waals surface area (Å²) in [7, 11) is 3.14. The van der Waals surface area contributed by atoms with Crippen LogP contribution in [0, 0.1) is 0 Å². The maximum atomic E-state index is 12.3. The largest absolute Gasteiger partial charge is 0.497 e. The van der Waals surface area contributed by atoms with Crippen molar-refractivity contribution in [1.29, 1.82) is 0 Å². The molecular weight excluding hydrogens is 404 g/mol. The summed E-state index contributed by atoms with van der Waals surface area (Å²) < 4.78 is 16.2. The first-order valence-corrected chi connectivity index (χ1v) is 9.49. The maximum Gasteiger partial charge on any atom is 0.271 e. The highest BCUT2D eigenvalue weighted by Crippen LogP contribution is 2.22. The summed E-state index contributed by atoms with van der Waals surface area (Å²) in [6.07, 6.45) is 1.50. The van der Waals surface area contributed by atoms with Gasteiger partial charge < -0.3 is 14.2 Å². The van der Waals surface area contributed by atoms with Crippen molar-refractivity contribution in [3.8, 4) is 17.2 Å². The highest BCUT2D eigenvalue weighted by atomic mass is 35.5. The molecule has 0 unspecified atom stereocenters. The summed E-state index contributed by atoms with van der Waals surface area (Å²) in [5, 5.41) is 4.69. The first-order valence-electron chi connectivity index (χ1n) is 9.12. The van der Waals surface area contributed by atoms with Gasteiger partial charge in [-0.3, -0.25) is 4.79 Å². The van der Waals surface area contributed by atoms with Crippen molar-refractivity contribution in [2.45, 2.75) is 6.61 Å². The molecule has 3 rings (SSSR count). The minimum Gasteiger partial charge on any atom is -0.497 e. The number of rotatable bonds is 8. The number of hydrazone groups is 1. The zero-order valence-corrected chi connectivity index (χ0v) is 17.3. The molecular formula is C23H21ClN2O4. The lowest BCUT2D eigenvalue weighted by atomic mass is 10.2. The van der Waals surface area contributed by atoms with Gasteiger partial charge in [-0.15, -0.1) is 0 Å². The van der Waals surface area contributed by atoms with Crippen molar-refractivity contribution in [2.75, 3.05) is 14.2 Å². The number of nitrogens with zero attached hydrogens (tertiary/aromatic N) is 1. The Balaban J connectivity index is 1.57. The molecule has 1 amide bonds. The van der Waals surface area contributed by atoms with Crippen LogP contribution < -0.4 is 19.6 Å². The first kappa shape index (κ1) is 21.2. The van der Waals surface area contributed by atoms with Gasteiger partial charge in [-0.05, 0) is 60.2 Å². The highest BCUT2D eigenvalue weighted by molar-refractivity contribution is 6.30. The van der Waals surface area contributed by atoms with Crippen molar-refractivity contribution in [1.82, 2.24) is 5.43 Å². The third kappa shape index (κ3) is 5.75. The summed E-state index contributed by atoms with van der Waals surface area (Å²) in [5.74, 6) is 1.61. The Bertz CT molecular complexity index is 1020. The van der Waals surface area contributed by atoms with E-state index in [4.69, 9.17) is 25.8 Å². The zero-order chi connectivity index (χ0) is 21.3. The van der Waals surface area contributed by atoms with Crippen molar-refractivity contribution < 1.29 is 19.0 Å². The number of amides is 1. The molecule has 0 fully saturated rings. The monoisotopic (exact) mass is 424 g/mol. The van der Waals surface area contributed by atoms with E-state index in [-0.39, 0.29) is 5.91 Å². The minimum absolute atomic E-state index is 0.336. The number of benzene rings is 3. The van der Waals surface area contributed by atoms with Crippen LogP contribution in [-0.4, -0.2) is 26.3 Å². The summed E-state index contributed by atoms with van der Waals surface area (Å²) in [6, 6.07) is 19.6. The van der Waals surface area contributed by atoms with Gasteiger partial charge >= 0.3 is 0 Å². The number of halogens is 1. The van der Waals surface area contributed by atoms with Crippen molar-refractivity contribution in [3.63, 3.8) is 0 Å². The van der Waals surface area contributed by atoms with Crippen molar-refractivity contribution >= 4 is 23.7 Å². The van der Waals surface area contributed by atoms with Crippen LogP contribution in [0.5, 0.6) is 17.2 Å². The molecule has 0 saturated carbocycles. The van der Waals surface area contributed by atoms with Crippen molar-refractivity contribution in [3.05, 3.63) is 88.4 Å². The van der Waals surface area contributed by atoms with Crippen LogP contribution in [0.15, 0.2) is 71.8 Å². The second-order valence-electron chi connectivity index (χ2n) is 6.25. The Hall–Kier alpha value is -3.51. The van der Waals surface area contributed by atoms with E-state index in [1.165, 1.54) is 6.21 Å². The SMILES string of the molecule is COc1ccc(OC)c(/C=N\NC(=O)c2ccc(OCc3ccc(Cl)cc3)cc2)c1. The molecule has 0 radical (unpaired) electrons. The fourth-order valence-electron chi connectivity index (χ4n) is 2.62. The molecule has 0 aliphatic heterocycles. The van der Waals surface area contributed by atoms with E-state index in [1.807, 2.05) is 24.3 Å². The fourth-order valence-corrected chi connectivity index (χ4v) is 2.74. The van der Waals surface area contributed by atoms with Gasteiger partial charge in [-0.25, -0.2) is 5.43 Å². The predicted molar refractivity (Wildman–Crippen MR) is 117 cm³/mol. The molecule has 7 heteroatoms. The van der Waals surface area contributed by atoms with E-state index in [0.29, 0.717) is 40.0 Å². The standard InChI is InChI=1S/C23H21ClN2O4/c1-28-21-11-12-22(29-2)18(13-21)14-25-26-23(27)17-5-9-20(10-6-17)30-15-16-3-7-19(24)8-4-16/h3-14H,15H2,1-2H3,(H,26,27)/b25-14-. The van der Waals surface area contributed by atoms with Gasteiger partial charge in [-0.2, -0.15) is 5.10 Å². The highest BCUT2D eigenvalue weighted by Gasteiger charge is 2.06. The molecule has 0 aromatic heterocycles. The number of nitrogens with one attached hydrogen (secondary N) is 1. The Labute approximate surface area is 180 Å². The van der Waals surface area contributed by atoms with Gasteiger partial charge in [0.05, 0.1) is 20.4 Å². The van der Waals surface area contributed by atoms with Crippen LogP contribution in [0.3, 0.4) is 0 Å². The number of carbonyl (C=O) groups excluding carboxylic acids is 1. The van der Waals surface area contributed by atoms with E-state index >= 15 is 0 Å². The van der Waals surface area contributed by atoms with Crippen LogP contribution in [0.2, 0.25) is 5.02 Å². The van der Waals surface area contributed by atoms with Gasteiger partial charge in [0, 0.05) is 16.1 Å². The number of hydrogen-bond donors (Lipinski definition) is 1. The molecule has 0 aliphatic rings. The number of carbonyl (C=O) groups is 1. The average molecular weight is 425 g/mol. The Morgan fingerprint density at radius 3 is 2.33 bits per heavy atom. The molecule has 0 aliphatic carbocycles. The zero-order valence-electron chi connectivity index (χ0n) is 16.6. The summed E-state index contributed by atoms with van der Waals surface area (Å²) >= 11 is 5.88. The summed E-state index contributed by atoms with van der Waals surface area (Å²) in [4.78, 5) is 12.3. The molecule has 0 heterocycles. The van der Waals surface area contributed by atoms with E-state index in [9.17, 15) is 4.79 Å². The lowest BCUT2D eigenvalue weighted by Gasteiger charge is -2.08. The lowest BCUT2D eigenvalue weighted by molar-refractivity contribution is 0.0955. The fraction of sp³-hybridized carbons (Fsp3) is 0.130. The number of hydrogen-bond acceptors (Lipinski definition) is 5. The van der Waals surface area contributed by atoms with Gasteiger partial charge in [0.2, 0.25) is 0 Å². The summed E-state index contributed by atoms with van der Waals surface area (Å²) in [5.41, 5.74) is 4.65. The molecule has 6 nitrogen and oxygen atoms in total. The smallest absolute Gasteiger partial charge is 0.271 e. The quantitative estimate of drug-likeness (QED) is 0.420. The van der Waals surface area contributed by atoms with Crippen LogP contribution in [-0.2, 0) is 6.61 Å². The average Bonchev–Trinajstić information content (AvgIpc) is 2.79. The second-order valence-corrected chi connectivity index (χ2v) is 6.68. The Morgan fingerprint density at radius 2 is 1.67 bits per heavy atom. The first-order chi connectivity index (χ1) is 14.6. The molecule has 30 heavy (non-hydrogen) atoms. The maximum absolute atomic E-state index is 12.3. The molecule has 0 saturated heterocycles. The summed E-state index contributed by atoms with van der Waals surface area (Å²) in [6.45, 7) is 0.412. The van der Waals surface area contributed by atoms with E-state index in [2.05, 4.69) is 10.5 Å². The van der Waals surface area contributed by atoms with E-state index < -0.39 is 0 Å². The van der Waals surface area contributed by atoms with Crippen molar-refractivity contribution in [2.24, 2.45) is 5.10 Å². The van der Waals surface area contributed by atoms with Gasteiger partial charge in [0.25, 0.3) is 5.91 Å². The molecule has 0 spiro atoms. The van der Waals surface area contributed by atoms with Gasteiger partial charge in [0.15, 0.2) is 0 Å². The molecule has 0 bridgehead atoms. The lowest BCUT2D eigenvalue weighted by Crippen LogP contribution is -2.17. The Kier molecular flexibility index (Phi) is 7.29.